The van der Waals surface area contributed by atoms with Gasteiger partial charge in [0.05, 0.1) is 13.7 Å². The lowest BCUT2D eigenvalue weighted by Gasteiger charge is -2.14. The number of methoxy groups -OCH3 is 1. The molecule has 0 heterocycles. The Morgan fingerprint density at radius 1 is 1.31 bits per heavy atom. The second-order valence-electron chi connectivity index (χ2n) is 3.91. The first-order valence-electron chi connectivity index (χ1n) is 5.56. The standard InChI is InChI=1S/C13H19BrO2/c1-4-11-5-6-12(13(7-11)15-3)16-9-10(2)8-14/h5-7,10H,4,8-9H2,1-3H3. The minimum Gasteiger partial charge on any atom is -0.493 e. The van der Waals surface area contributed by atoms with Crippen LogP contribution in [0.4, 0.5) is 0 Å². The van der Waals surface area contributed by atoms with E-state index in [2.05, 4.69) is 35.8 Å². The molecule has 0 saturated heterocycles. The summed E-state index contributed by atoms with van der Waals surface area (Å²) in [5.41, 5.74) is 1.26. The van der Waals surface area contributed by atoms with Crippen molar-refractivity contribution in [2.24, 2.45) is 5.92 Å². The monoisotopic (exact) mass is 286 g/mol. The van der Waals surface area contributed by atoms with Crippen LogP contribution < -0.4 is 9.47 Å². The van der Waals surface area contributed by atoms with Crippen LogP contribution in [-0.4, -0.2) is 19.0 Å². The normalized spacial score (nSPS) is 12.2. The van der Waals surface area contributed by atoms with E-state index in [1.54, 1.807) is 7.11 Å². The van der Waals surface area contributed by atoms with Gasteiger partial charge in [-0.2, -0.15) is 0 Å². The molecule has 0 spiro atoms. The molecule has 0 amide bonds. The minimum absolute atomic E-state index is 0.496. The van der Waals surface area contributed by atoms with Gasteiger partial charge in [0.1, 0.15) is 0 Å². The lowest BCUT2D eigenvalue weighted by Crippen LogP contribution is -2.10. The summed E-state index contributed by atoms with van der Waals surface area (Å²) in [6.45, 7) is 4.97. The highest BCUT2D eigenvalue weighted by Gasteiger charge is 2.07. The Hall–Kier alpha value is -0.700. The Morgan fingerprint density at radius 3 is 2.62 bits per heavy atom. The maximum Gasteiger partial charge on any atom is 0.161 e. The summed E-state index contributed by atoms with van der Waals surface area (Å²) in [7, 11) is 1.68. The molecule has 0 N–H and O–H groups in total. The molecule has 1 aromatic rings. The molecule has 1 rings (SSSR count). The van der Waals surface area contributed by atoms with Gasteiger partial charge in [0, 0.05) is 5.33 Å². The first-order valence-corrected chi connectivity index (χ1v) is 6.69. The van der Waals surface area contributed by atoms with Crippen molar-refractivity contribution < 1.29 is 9.47 Å². The van der Waals surface area contributed by atoms with E-state index >= 15 is 0 Å². The number of ether oxygens (including phenoxy) is 2. The Balaban J connectivity index is 2.71. The van der Waals surface area contributed by atoms with Crippen LogP contribution in [0.3, 0.4) is 0 Å². The fourth-order valence-electron chi connectivity index (χ4n) is 1.33. The van der Waals surface area contributed by atoms with Crippen molar-refractivity contribution >= 4 is 15.9 Å². The van der Waals surface area contributed by atoms with Gasteiger partial charge in [-0.3, -0.25) is 0 Å². The molecular weight excluding hydrogens is 268 g/mol. The third-order valence-corrected chi connectivity index (χ3v) is 3.53. The van der Waals surface area contributed by atoms with Gasteiger partial charge in [-0.25, -0.2) is 0 Å². The lowest BCUT2D eigenvalue weighted by atomic mass is 10.1. The zero-order chi connectivity index (χ0) is 12.0. The fourth-order valence-corrected chi connectivity index (χ4v) is 1.51. The van der Waals surface area contributed by atoms with E-state index in [1.807, 2.05) is 12.1 Å². The van der Waals surface area contributed by atoms with Gasteiger partial charge in [0.2, 0.25) is 0 Å². The SMILES string of the molecule is CCc1ccc(OCC(C)CBr)c(OC)c1. The Bertz CT molecular complexity index is 326. The number of halogens is 1. The molecule has 0 bridgehead atoms. The van der Waals surface area contributed by atoms with Gasteiger partial charge in [-0.05, 0) is 30.0 Å². The van der Waals surface area contributed by atoms with Crippen LogP contribution in [0.2, 0.25) is 0 Å². The third kappa shape index (κ3) is 3.71. The molecule has 0 aliphatic rings. The number of alkyl halides is 1. The Morgan fingerprint density at radius 2 is 2.06 bits per heavy atom. The minimum atomic E-state index is 0.496. The zero-order valence-corrected chi connectivity index (χ0v) is 11.7. The van der Waals surface area contributed by atoms with Crippen LogP contribution >= 0.6 is 15.9 Å². The van der Waals surface area contributed by atoms with E-state index in [0.717, 1.165) is 23.2 Å². The van der Waals surface area contributed by atoms with Gasteiger partial charge < -0.3 is 9.47 Å². The van der Waals surface area contributed by atoms with Crippen LogP contribution in [0.25, 0.3) is 0 Å². The van der Waals surface area contributed by atoms with Crippen LogP contribution in [0.15, 0.2) is 18.2 Å². The first-order chi connectivity index (χ1) is 7.71. The van der Waals surface area contributed by atoms with E-state index in [-0.39, 0.29) is 0 Å². The first kappa shape index (κ1) is 13.4. The summed E-state index contributed by atoms with van der Waals surface area (Å²) in [5.74, 6) is 2.14. The highest BCUT2D eigenvalue weighted by atomic mass is 79.9. The molecular formula is C13H19BrO2. The molecule has 16 heavy (non-hydrogen) atoms. The van der Waals surface area contributed by atoms with E-state index in [0.29, 0.717) is 12.5 Å². The molecule has 0 saturated carbocycles. The summed E-state index contributed by atoms with van der Waals surface area (Å²) in [6.07, 6.45) is 1.01. The van der Waals surface area contributed by atoms with Crippen molar-refractivity contribution in [3.8, 4) is 11.5 Å². The average molecular weight is 287 g/mol. The maximum absolute atomic E-state index is 5.73. The third-order valence-electron chi connectivity index (χ3n) is 2.42. The van der Waals surface area contributed by atoms with Crippen molar-refractivity contribution in [3.63, 3.8) is 0 Å². The van der Waals surface area contributed by atoms with E-state index in [9.17, 15) is 0 Å². The molecule has 0 radical (unpaired) electrons. The summed E-state index contributed by atoms with van der Waals surface area (Å²) in [5, 5.41) is 0.947. The molecule has 0 aliphatic carbocycles. The van der Waals surface area contributed by atoms with Gasteiger partial charge in [0.25, 0.3) is 0 Å². The number of rotatable bonds is 6. The van der Waals surface area contributed by atoms with Gasteiger partial charge >= 0.3 is 0 Å². The molecule has 2 nitrogen and oxygen atoms in total. The van der Waals surface area contributed by atoms with Crippen LogP contribution in [-0.2, 0) is 6.42 Å². The molecule has 0 aromatic heterocycles. The maximum atomic E-state index is 5.73. The molecule has 1 atom stereocenters. The predicted octanol–water partition coefficient (Wildman–Crippen LogP) is 3.67. The number of hydrogen-bond acceptors (Lipinski definition) is 2. The molecule has 1 aromatic carbocycles. The molecule has 90 valence electrons. The Kier molecular flexibility index (Phi) is 5.67. The van der Waals surface area contributed by atoms with Crippen LogP contribution in [0.5, 0.6) is 11.5 Å². The van der Waals surface area contributed by atoms with Crippen molar-refractivity contribution in [2.75, 3.05) is 19.0 Å². The number of benzene rings is 1. The summed E-state index contributed by atoms with van der Waals surface area (Å²) in [6, 6.07) is 6.10. The molecule has 3 heteroatoms. The summed E-state index contributed by atoms with van der Waals surface area (Å²) < 4.78 is 11.0. The highest BCUT2D eigenvalue weighted by molar-refractivity contribution is 9.09. The Labute approximate surface area is 106 Å². The van der Waals surface area contributed by atoms with Crippen LogP contribution in [0.1, 0.15) is 19.4 Å². The van der Waals surface area contributed by atoms with E-state index in [4.69, 9.17) is 9.47 Å². The average Bonchev–Trinajstić information content (AvgIpc) is 2.35. The lowest BCUT2D eigenvalue weighted by molar-refractivity contribution is 0.259. The zero-order valence-electron chi connectivity index (χ0n) is 10.1. The molecule has 1 unspecified atom stereocenters. The second kappa shape index (κ2) is 6.79. The fraction of sp³-hybridized carbons (Fsp3) is 0.538. The number of hydrogen-bond donors (Lipinski definition) is 0. The van der Waals surface area contributed by atoms with E-state index in [1.165, 1.54) is 5.56 Å². The largest absolute Gasteiger partial charge is 0.493 e. The molecule has 0 aliphatic heterocycles. The van der Waals surface area contributed by atoms with Gasteiger partial charge in [-0.1, -0.05) is 35.8 Å². The predicted molar refractivity (Wildman–Crippen MR) is 70.8 cm³/mol. The number of aryl methyl sites for hydroxylation is 1. The summed E-state index contributed by atoms with van der Waals surface area (Å²) >= 11 is 3.44. The van der Waals surface area contributed by atoms with Crippen molar-refractivity contribution in [1.82, 2.24) is 0 Å². The topological polar surface area (TPSA) is 18.5 Å². The van der Waals surface area contributed by atoms with Crippen molar-refractivity contribution in [2.45, 2.75) is 20.3 Å². The quantitative estimate of drug-likeness (QED) is 0.743. The van der Waals surface area contributed by atoms with Crippen molar-refractivity contribution in [1.29, 1.82) is 0 Å². The van der Waals surface area contributed by atoms with Gasteiger partial charge in [-0.15, -0.1) is 0 Å². The second-order valence-corrected chi connectivity index (χ2v) is 4.56. The smallest absolute Gasteiger partial charge is 0.161 e. The highest BCUT2D eigenvalue weighted by Crippen LogP contribution is 2.28. The van der Waals surface area contributed by atoms with Crippen LogP contribution in [0, 0.1) is 5.92 Å². The van der Waals surface area contributed by atoms with Gasteiger partial charge in [0.15, 0.2) is 11.5 Å². The molecule has 0 fully saturated rings. The summed E-state index contributed by atoms with van der Waals surface area (Å²) in [4.78, 5) is 0. The van der Waals surface area contributed by atoms with Crippen molar-refractivity contribution in [3.05, 3.63) is 23.8 Å². The van der Waals surface area contributed by atoms with E-state index < -0.39 is 0 Å².